The number of hydrogen-bond acceptors (Lipinski definition) is 5. The Balaban J connectivity index is 0.923. The molecule has 0 saturated carbocycles. The van der Waals surface area contributed by atoms with Crippen LogP contribution < -0.4 is 0 Å². The van der Waals surface area contributed by atoms with Crippen LogP contribution in [0.3, 0.4) is 0 Å². The maximum Gasteiger partial charge on any atom is 0.164 e. The second-order valence-corrected chi connectivity index (χ2v) is 16.6. The van der Waals surface area contributed by atoms with Crippen LogP contribution in [0, 0.1) is 0 Å². The van der Waals surface area contributed by atoms with Crippen molar-refractivity contribution in [2.24, 2.45) is 0 Å². The fourth-order valence-electron chi connectivity index (χ4n) is 8.30. The maximum absolute atomic E-state index is 4.98. The quantitative estimate of drug-likeness (QED) is 0.175. The molecule has 0 unspecified atom stereocenters. The molecule has 57 heavy (non-hydrogen) atoms. The summed E-state index contributed by atoms with van der Waals surface area (Å²) in [7, 11) is 0. The van der Waals surface area contributed by atoms with Gasteiger partial charge in [-0.2, -0.15) is 0 Å². The Kier molecular flexibility index (Phi) is 7.24. The van der Waals surface area contributed by atoms with Gasteiger partial charge in [-0.05, 0) is 59.7 Å². The zero-order valence-corrected chi connectivity index (χ0v) is 32.1. The summed E-state index contributed by atoms with van der Waals surface area (Å²) >= 11 is 3.69. The molecule has 0 fully saturated rings. The predicted octanol–water partition coefficient (Wildman–Crippen LogP) is 14.4. The van der Waals surface area contributed by atoms with Crippen LogP contribution in [-0.4, -0.2) is 19.5 Å². The molecule has 0 amide bonds. The van der Waals surface area contributed by atoms with Gasteiger partial charge in [0.15, 0.2) is 17.5 Å². The van der Waals surface area contributed by atoms with Crippen LogP contribution in [0.15, 0.2) is 182 Å². The molecular weight excluding hydrogens is 733 g/mol. The molecule has 0 spiro atoms. The van der Waals surface area contributed by atoms with E-state index in [1.807, 2.05) is 83.3 Å². The predicted molar refractivity (Wildman–Crippen MR) is 242 cm³/mol. The van der Waals surface area contributed by atoms with Crippen molar-refractivity contribution in [3.63, 3.8) is 0 Å². The molecular formula is C51H30N4S2. The Bertz CT molecular complexity index is 3450. The molecule has 0 bridgehead atoms. The first-order chi connectivity index (χ1) is 28.2. The highest BCUT2D eigenvalue weighted by Gasteiger charge is 2.17. The summed E-state index contributed by atoms with van der Waals surface area (Å²) in [4.78, 5) is 14.8. The lowest BCUT2D eigenvalue weighted by Crippen LogP contribution is -1.99. The van der Waals surface area contributed by atoms with Crippen LogP contribution in [0.2, 0.25) is 0 Å². The van der Waals surface area contributed by atoms with Crippen LogP contribution in [0.1, 0.15) is 0 Å². The van der Waals surface area contributed by atoms with Crippen molar-refractivity contribution in [1.82, 2.24) is 19.5 Å². The van der Waals surface area contributed by atoms with E-state index in [0.29, 0.717) is 17.5 Å². The summed E-state index contributed by atoms with van der Waals surface area (Å²) < 4.78 is 7.54. The van der Waals surface area contributed by atoms with Crippen molar-refractivity contribution in [1.29, 1.82) is 0 Å². The summed E-state index contributed by atoms with van der Waals surface area (Å²) in [5.74, 6) is 2.00. The van der Waals surface area contributed by atoms with Gasteiger partial charge in [0.05, 0.1) is 11.0 Å². The highest BCUT2D eigenvalue weighted by atomic mass is 32.1. The number of fused-ring (bicyclic) bond motifs is 9. The fraction of sp³-hybridized carbons (Fsp3) is 0. The van der Waals surface area contributed by atoms with E-state index in [9.17, 15) is 0 Å². The molecule has 0 radical (unpaired) electrons. The van der Waals surface area contributed by atoms with Gasteiger partial charge in [-0.3, -0.25) is 0 Å². The third-order valence-corrected chi connectivity index (χ3v) is 13.3. The second-order valence-electron chi connectivity index (χ2n) is 14.4. The van der Waals surface area contributed by atoms with Gasteiger partial charge in [0.25, 0.3) is 0 Å². The van der Waals surface area contributed by atoms with Crippen LogP contribution >= 0.6 is 22.7 Å². The monoisotopic (exact) mass is 762 g/mol. The Morgan fingerprint density at radius 3 is 1.51 bits per heavy atom. The summed E-state index contributed by atoms with van der Waals surface area (Å²) in [6.07, 6.45) is 0. The van der Waals surface area contributed by atoms with E-state index in [0.717, 1.165) is 22.4 Å². The molecule has 4 heterocycles. The van der Waals surface area contributed by atoms with Gasteiger partial charge in [0.1, 0.15) is 0 Å². The van der Waals surface area contributed by atoms with E-state index >= 15 is 0 Å². The van der Waals surface area contributed by atoms with E-state index in [1.165, 1.54) is 73.3 Å². The van der Waals surface area contributed by atoms with E-state index in [1.54, 1.807) is 0 Å². The molecule has 4 nitrogen and oxygen atoms in total. The molecule has 0 N–H and O–H groups in total. The number of benzene rings is 8. The lowest BCUT2D eigenvalue weighted by molar-refractivity contribution is 1.07. The molecule has 0 saturated heterocycles. The number of thiophene rings is 2. The first kappa shape index (κ1) is 32.3. The molecule has 6 heteroatoms. The fourth-order valence-corrected chi connectivity index (χ4v) is 10.6. The lowest BCUT2D eigenvalue weighted by atomic mass is 10.0. The Labute approximate surface area is 335 Å². The second kappa shape index (κ2) is 12.8. The molecule has 0 aliphatic heterocycles. The largest absolute Gasteiger partial charge is 0.309 e. The van der Waals surface area contributed by atoms with Gasteiger partial charge < -0.3 is 4.57 Å². The Hall–Kier alpha value is -6.99. The van der Waals surface area contributed by atoms with Gasteiger partial charge in [-0.1, -0.05) is 133 Å². The SMILES string of the molecule is c1ccc(-c2nc(-c3ccccc3)nc(-c3ccc4c(c3)sc3cc(-c5ccc(-n6c7ccccc7c7cc8sc9ccccc9c8cc76)cc5)ccc34)n2)cc1. The maximum atomic E-state index is 4.98. The van der Waals surface area contributed by atoms with Crippen LogP contribution in [-0.2, 0) is 0 Å². The molecule has 0 aliphatic rings. The van der Waals surface area contributed by atoms with Crippen molar-refractivity contribution in [2.75, 3.05) is 0 Å². The first-order valence-electron chi connectivity index (χ1n) is 19.0. The molecule has 0 aliphatic carbocycles. The van der Waals surface area contributed by atoms with Crippen LogP contribution in [0.5, 0.6) is 0 Å². The van der Waals surface area contributed by atoms with Gasteiger partial charge >= 0.3 is 0 Å². The first-order valence-corrected chi connectivity index (χ1v) is 20.6. The van der Waals surface area contributed by atoms with Crippen LogP contribution in [0.4, 0.5) is 0 Å². The molecule has 12 aromatic rings. The average molecular weight is 763 g/mol. The Morgan fingerprint density at radius 1 is 0.298 bits per heavy atom. The summed E-state index contributed by atoms with van der Waals surface area (Å²) in [6, 6.07) is 65.0. The lowest BCUT2D eigenvalue weighted by Gasteiger charge is -2.10. The minimum atomic E-state index is 0.665. The summed E-state index contributed by atoms with van der Waals surface area (Å²) in [5, 5.41) is 7.69. The molecule has 8 aromatic carbocycles. The third kappa shape index (κ3) is 5.30. The van der Waals surface area contributed by atoms with E-state index in [-0.39, 0.29) is 0 Å². The minimum absolute atomic E-state index is 0.665. The molecule has 4 aromatic heterocycles. The van der Waals surface area contributed by atoms with E-state index < -0.39 is 0 Å². The molecule has 0 atom stereocenters. The highest BCUT2D eigenvalue weighted by Crippen LogP contribution is 2.42. The van der Waals surface area contributed by atoms with Gasteiger partial charge in [-0.25, -0.2) is 15.0 Å². The number of nitrogens with zero attached hydrogens (tertiary/aromatic N) is 4. The van der Waals surface area contributed by atoms with Crippen molar-refractivity contribution in [3.8, 4) is 51.0 Å². The number of para-hydroxylation sites is 1. The van der Waals surface area contributed by atoms with E-state index in [2.05, 4.69) is 126 Å². The smallest absolute Gasteiger partial charge is 0.164 e. The normalized spacial score (nSPS) is 11.9. The number of rotatable bonds is 5. The van der Waals surface area contributed by atoms with E-state index in [4.69, 9.17) is 15.0 Å². The zero-order valence-electron chi connectivity index (χ0n) is 30.4. The topological polar surface area (TPSA) is 43.6 Å². The summed E-state index contributed by atoms with van der Waals surface area (Å²) in [5.41, 5.74) is 8.90. The average Bonchev–Trinajstić information content (AvgIpc) is 3.94. The molecule has 12 rings (SSSR count). The van der Waals surface area contributed by atoms with Crippen molar-refractivity contribution in [2.45, 2.75) is 0 Å². The van der Waals surface area contributed by atoms with Gasteiger partial charge in [0, 0.05) is 73.5 Å². The van der Waals surface area contributed by atoms with Crippen molar-refractivity contribution >= 4 is 84.8 Å². The summed E-state index contributed by atoms with van der Waals surface area (Å²) in [6.45, 7) is 0. The number of hydrogen-bond donors (Lipinski definition) is 0. The highest BCUT2D eigenvalue weighted by molar-refractivity contribution is 7.26. The standard InChI is InChI=1S/C51H30N4S2/c1-3-11-32(12-4-1)49-52-50(33-13-5-2-6-14-33)54-51(53-49)35-22-26-40-39-25-21-34(27-46(39)57-47(40)28-35)31-19-23-36(24-20-31)55-43-17-9-7-15-37(43)41-30-48-42(29-44(41)55)38-16-8-10-18-45(38)56-48/h1-30H. The van der Waals surface area contributed by atoms with Crippen molar-refractivity contribution < 1.29 is 0 Å². The zero-order chi connectivity index (χ0) is 37.5. The van der Waals surface area contributed by atoms with Gasteiger partial charge in [-0.15, -0.1) is 22.7 Å². The van der Waals surface area contributed by atoms with Crippen molar-refractivity contribution in [3.05, 3.63) is 182 Å². The number of aromatic nitrogens is 4. The molecule has 266 valence electrons. The van der Waals surface area contributed by atoms with Gasteiger partial charge in [0.2, 0.25) is 0 Å². The third-order valence-electron chi connectivity index (χ3n) is 11.1. The Morgan fingerprint density at radius 2 is 0.807 bits per heavy atom. The minimum Gasteiger partial charge on any atom is -0.309 e. The van der Waals surface area contributed by atoms with Crippen LogP contribution in [0.25, 0.3) is 113 Å².